The predicted octanol–water partition coefficient (Wildman–Crippen LogP) is 1.62. The maximum absolute atomic E-state index is 13.3. The lowest BCUT2D eigenvalue weighted by Gasteiger charge is -2.23. The van der Waals surface area contributed by atoms with Gasteiger partial charge >= 0.3 is 0 Å². The van der Waals surface area contributed by atoms with E-state index in [0.717, 1.165) is 13.1 Å². The third kappa shape index (κ3) is 4.05. The van der Waals surface area contributed by atoms with Crippen LogP contribution in [0, 0.1) is 0 Å². The van der Waals surface area contributed by atoms with E-state index in [2.05, 4.69) is 4.90 Å². The number of alkyl halides is 1. The number of halogens is 1. The van der Waals surface area contributed by atoms with Gasteiger partial charge in [0.2, 0.25) is 0 Å². The molecule has 1 heterocycles. The first-order chi connectivity index (χ1) is 6.11. The number of hydrogen-bond donors (Lipinski definition) is 0. The fourth-order valence-corrected chi connectivity index (χ4v) is 1.35. The molecule has 3 heteroatoms. The fraction of sp³-hybridized carbons (Fsp3) is 1.00. The Morgan fingerprint density at radius 2 is 1.69 bits per heavy atom. The van der Waals surface area contributed by atoms with Crippen molar-refractivity contribution in [3.63, 3.8) is 0 Å². The van der Waals surface area contributed by atoms with Crippen LogP contribution >= 0.6 is 0 Å². The summed E-state index contributed by atoms with van der Waals surface area (Å²) in [6.07, 6.45) is -0.701. The fourth-order valence-electron chi connectivity index (χ4n) is 1.35. The zero-order valence-corrected chi connectivity index (χ0v) is 9.55. The first-order valence-electron chi connectivity index (χ1n) is 5.14. The van der Waals surface area contributed by atoms with Crippen LogP contribution < -0.4 is 0 Å². The van der Waals surface area contributed by atoms with E-state index < -0.39 is 6.17 Å². The molecule has 80 valence electrons. The van der Waals surface area contributed by atoms with Gasteiger partial charge in [0.1, 0.15) is 6.17 Å². The smallest absolute Gasteiger partial charge is 0.128 e. The van der Waals surface area contributed by atoms with Crippen LogP contribution in [0.1, 0.15) is 20.8 Å². The molecule has 0 aliphatic carbocycles. The number of nitrogens with zero attached hydrogens (tertiary/aromatic N) is 2. The van der Waals surface area contributed by atoms with Crippen LogP contribution in [0.4, 0.5) is 4.39 Å². The van der Waals surface area contributed by atoms with Crippen molar-refractivity contribution in [2.45, 2.75) is 33.0 Å². The molecule has 0 amide bonds. The first kappa shape index (κ1) is 12.8. The molecule has 1 aliphatic heterocycles. The molecule has 0 saturated carbocycles. The largest absolute Gasteiger partial charge is 0.302 e. The van der Waals surface area contributed by atoms with Crippen molar-refractivity contribution >= 4 is 0 Å². The van der Waals surface area contributed by atoms with Crippen molar-refractivity contribution in [3.05, 3.63) is 0 Å². The van der Waals surface area contributed by atoms with E-state index in [9.17, 15) is 4.39 Å². The molecule has 0 aromatic heterocycles. The van der Waals surface area contributed by atoms with E-state index in [1.165, 1.54) is 0 Å². The van der Waals surface area contributed by atoms with Gasteiger partial charge in [-0.25, -0.2) is 4.39 Å². The van der Waals surface area contributed by atoms with E-state index in [4.69, 9.17) is 0 Å². The van der Waals surface area contributed by atoms with Crippen LogP contribution in [0.15, 0.2) is 0 Å². The summed E-state index contributed by atoms with van der Waals surface area (Å²) in [5.74, 6) is 0. The molecule has 0 N–H and O–H groups in total. The van der Waals surface area contributed by atoms with Gasteiger partial charge in [-0.3, -0.25) is 4.90 Å². The summed E-state index contributed by atoms with van der Waals surface area (Å²) < 4.78 is 13.3. The summed E-state index contributed by atoms with van der Waals surface area (Å²) in [6, 6.07) is 0.0694. The van der Waals surface area contributed by atoms with E-state index >= 15 is 0 Å². The minimum Gasteiger partial charge on any atom is -0.302 e. The summed E-state index contributed by atoms with van der Waals surface area (Å²) in [4.78, 5) is 4.12. The lowest BCUT2D eigenvalue weighted by atomic mass is 10.2. The highest BCUT2D eigenvalue weighted by Gasteiger charge is 2.25. The van der Waals surface area contributed by atoms with Gasteiger partial charge in [-0.15, -0.1) is 0 Å². The topological polar surface area (TPSA) is 6.48 Å². The van der Waals surface area contributed by atoms with Crippen molar-refractivity contribution in [1.82, 2.24) is 9.80 Å². The van der Waals surface area contributed by atoms with Gasteiger partial charge in [-0.1, -0.05) is 13.8 Å². The van der Waals surface area contributed by atoms with Crippen LogP contribution in [-0.2, 0) is 0 Å². The van der Waals surface area contributed by atoms with Gasteiger partial charge in [0.15, 0.2) is 0 Å². The van der Waals surface area contributed by atoms with E-state index in [1.54, 1.807) is 0 Å². The van der Waals surface area contributed by atoms with Gasteiger partial charge in [0.05, 0.1) is 0 Å². The van der Waals surface area contributed by atoms with Gasteiger partial charge < -0.3 is 4.90 Å². The Morgan fingerprint density at radius 3 is 2.23 bits per heavy atom. The average Bonchev–Trinajstić information content (AvgIpc) is 2.24. The highest BCUT2D eigenvalue weighted by Crippen LogP contribution is 2.10. The molecule has 1 saturated heterocycles. The molecule has 0 bridgehead atoms. The van der Waals surface area contributed by atoms with E-state index in [0.29, 0.717) is 6.54 Å². The first-order valence-corrected chi connectivity index (χ1v) is 5.14. The maximum atomic E-state index is 13.3. The second kappa shape index (κ2) is 6.33. The molecule has 1 fully saturated rings. The Kier molecular flexibility index (Phi) is 6.25. The summed E-state index contributed by atoms with van der Waals surface area (Å²) in [7, 11) is 3.95. The molecule has 1 aliphatic rings. The van der Waals surface area contributed by atoms with Crippen molar-refractivity contribution in [1.29, 1.82) is 0 Å². The predicted molar refractivity (Wildman–Crippen MR) is 55.8 cm³/mol. The molecule has 1 rings (SSSR count). The zero-order chi connectivity index (χ0) is 10.4. The third-order valence-electron chi connectivity index (χ3n) is 2.54. The Hall–Kier alpha value is -0.150. The Bertz CT molecular complexity index is 130. The van der Waals surface area contributed by atoms with Gasteiger partial charge in [-0.05, 0) is 21.0 Å². The Morgan fingerprint density at radius 1 is 1.15 bits per heavy atom. The Balaban J connectivity index is 0.000000671. The number of likely N-dealkylation sites (N-methyl/N-ethyl adjacent to an activating group) is 2. The molecule has 2 nitrogen and oxygen atoms in total. The quantitative estimate of drug-likeness (QED) is 0.572. The number of rotatable bonds is 0. The lowest BCUT2D eigenvalue weighted by molar-refractivity contribution is 0.162. The minimum absolute atomic E-state index is 0.0694. The second-order valence-corrected chi connectivity index (χ2v) is 3.50. The molecule has 0 radical (unpaired) electrons. The van der Waals surface area contributed by atoms with Crippen molar-refractivity contribution < 1.29 is 4.39 Å². The highest BCUT2D eigenvalue weighted by molar-refractivity contribution is 4.79. The van der Waals surface area contributed by atoms with Crippen LogP contribution in [0.3, 0.4) is 0 Å². The summed E-state index contributed by atoms with van der Waals surface area (Å²) in [5.41, 5.74) is 0. The van der Waals surface area contributed by atoms with Crippen molar-refractivity contribution in [3.8, 4) is 0 Å². The highest BCUT2D eigenvalue weighted by atomic mass is 19.1. The monoisotopic (exact) mass is 190 g/mol. The van der Waals surface area contributed by atoms with Gasteiger partial charge in [0.25, 0.3) is 0 Å². The standard InChI is InChI=1S/C8H17FN2.C2H6/c1-7-8(9)6-10(2)4-5-11(7)3;1-2/h7-8H,4-6H2,1-3H3;1-2H3. The average molecular weight is 190 g/mol. The molecule has 2 atom stereocenters. The van der Waals surface area contributed by atoms with Gasteiger partial charge in [-0.2, -0.15) is 0 Å². The molecule has 13 heavy (non-hydrogen) atoms. The molecular weight excluding hydrogens is 167 g/mol. The van der Waals surface area contributed by atoms with E-state index in [-0.39, 0.29) is 6.04 Å². The van der Waals surface area contributed by atoms with Gasteiger partial charge in [0, 0.05) is 25.7 Å². The molecular formula is C10H23FN2. The minimum atomic E-state index is -0.701. The van der Waals surface area contributed by atoms with Crippen LogP contribution in [-0.4, -0.2) is 55.7 Å². The van der Waals surface area contributed by atoms with Crippen LogP contribution in [0.5, 0.6) is 0 Å². The molecule has 2 unspecified atom stereocenters. The summed E-state index contributed by atoms with van der Waals surface area (Å²) >= 11 is 0. The Labute approximate surface area is 81.7 Å². The summed E-state index contributed by atoms with van der Waals surface area (Å²) in [6.45, 7) is 8.47. The normalized spacial score (nSPS) is 31.8. The van der Waals surface area contributed by atoms with Crippen molar-refractivity contribution in [2.24, 2.45) is 0 Å². The van der Waals surface area contributed by atoms with E-state index in [1.807, 2.05) is 39.8 Å². The van der Waals surface area contributed by atoms with Crippen LogP contribution in [0.2, 0.25) is 0 Å². The number of hydrogen-bond acceptors (Lipinski definition) is 2. The maximum Gasteiger partial charge on any atom is 0.128 e. The zero-order valence-electron chi connectivity index (χ0n) is 9.55. The second-order valence-electron chi connectivity index (χ2n) is 3.50. The third-order valence-corrected chi connectivity index (χ3v) is 2.54. The van der Waals surface area contributed by atoms with Crippen molar-refractivity contribution in [2.75, 3.05) is 33.7 Å². The SMILES string of the molecule is CC.CC1C(F)CN(C)CCN1C. The molecule has 0 aromatic rings. The summed E-state index contributed by atoms with van der Waals surface area (Å²) in [5, 5.41) is 0. The molecule has 0 aromatic carbocycles. The molecule has 0 spiro atoms. The lowest BCUT2D eigenvalue weighted by Crippen LogP contribution is -2.37. The van der Waals surface area contributed by atoms with Crippen LogP contribution in [0.25, 0.3) is 0 Å².